The number of hydrogen-bond acceptors (Lipinski definition) is 2. The number of nitrogens with two attached hydrogens (primary N) is 1. The van der Waals surface area contributed by atoms with Crippen LogP contribution in [0.15, 0.2) is 0 Å². The van der Waals surface area contributed by atoms with E-state index < -0.39 is 0 Å². The molecule has 1 saturated heterocycles. The molecule has 2 heteroatoms. The Morgan fingerprint density at radius 1 is 1.58 bits per heavy atom. The van der Waals surface area contributed by atoms with Gasteiger partial charge in [0, 0.05) is 6.54 Å². The summed E-state index contributed by atoms with van der Waals surface area (Å²) in [6.07, 6.45) is 2.75. The molecule has 0 aromatic carbocycles. The van der Waals surface area contributed by atoms with Crippen molar-refractivity contribution in [3.63, 3.8) is 0 Å². The molecule has 0 aromatic heterocycles. The fourth-order valence-electron chi connectivity index (χ4n) is 2.94. The van der Waals surface area contributed by atoms with Crippen LogP contribution in [0.1, 0.15) is 19.8 Å². The molecule has 0 aromatic rings. The predicted molar refractivity (Wildman–Crippen MR) is 50.9 cm³/mol. The Morgan fingerprint density at radius 3 is 2.58 bits per heavy atom. The van der Waals surface area contributed by atoms with Crippen molar-refractivity contribution in [3.05, 3.63) is 0 Å². The Hall–Kier alpha value is -0.0800. The molecular weight excluding hydrogens is 148 g/mol. The topological polar surface area (TPSA) is 29.3 Å². The van der Waals surface area contributed by atoms with Crippen molar-refractivity contribution >= 4 is 0 Å². The molecule has 0 bridgehead atoms. The van der Waals surface area contributed by atoms with E-state index in [1.54, 1.807) is 0 Å². The normalized spacial score (nSPS) is 48.2. The lowest BCUT2D eigenvalue weighted by Crippen LogP contribution is -2.28. The van der Waals surface area contributed by atoms with Gasteiger partial charge in [-0.1, -0.05) is 6.92 Å². The van der Waals surface area contributed by atoms with Gasteiger partial charge in [-0.05, 0) is 50.2 Å². The lowest BCUT2D eigenvalue weighted by molar-refractivity contribution is 0.286. The average molecular weight is 168 g/mol. The summed E-state index contributed by atoms with van der Waals surface area (Å²) in [5.74, 6) is 1.78. The first kappa shape index (κ1) is 8.52. The molecule has 1 aliphatic carbocycles. The molecule has 2 aliphatic rings. The number of rotatable bonds is 2. The van der Waals surface area contributed by atoms with Crippen molar-refractivity contribution in [2.24, 2.45) is 23.0 Å². The second-order valence-electron chi connectivity index (χ2n) is 4.79. The zero-order valence-electron chi connectivity index (χ0n) is 8.21. The van der Waals surface area contributed by atoms with E-state index in [2.05, 4.69) is 18.9 Å². The van der Waals surface area contributed by atoms with Crippen molar-refractivity contribution in [1.29, 1.82) is 0 Å². The molecule has 1 aliphatic heterocycles. The highest BCUT2D eigenvalue weighted by Crippen LogP contribution is 2.58. The quantitative estimate of drug-likeness (QED) is 0.664. The molecule has 3 atom stereocenters. The molecule has 2 fully saturated rings. The van der Waals surface area contributed by atoms with Gasteiger partial charge in [0.2, 0.25) is 0 Å². The van der Waals surface area contributed by atoms with E-state index in [0.29, 0.717) is 5.41 Å². The summed E-state index contributed by atoms with van der Waals surface area (Å²) in [7, 11) is 2.22. The zero-order valence-corrected chi connectivity index (χ0v) is 8.21. The molecule has 2 N–H and O–H groups in total. The van der Waals surface area contributed by atoms with Crippen molar-refractivity contribution in [2.75, 3.05) is 26.7 Å². The Morgan fingerprint density at radius 2 is 2.25 bits per heavy atom. The second-order valence-corrected chi connectivity index (χ2v) is 4.79. The van der Waals surface area contributed by atoms with E-state index in [9.17, 15) is 0 Å². The molecule has 0 spiro atoms. The Balaban J connectivity index is 2.00. The Labute approximate surface area is 75.1 Å². The smallest absolute Gasteiger partial charge is 0.00130 e. The minimum Gasteiger partial charge on any atom is -0.330 e. The SMILES string of the molecule is CC1CC1(CN)C1CCN(C)C1. The van der Waals surface area contributed by atoms with Crippen LogP contribution in [0.4, 0.5) is 0 Å². The minimum absolute atomic E-state index is 0.546. The maximum absolute atomic E-state index is 5.87. The van der Waals surface area contributed by atoms with Gasteiger partial charge in [0.25, 0.3) is 0 Å². The maximum atomic E-state index is 5.87. The molecule has 0 radical (unpaired) electrons. The highest BCUT2D eigenvalue weighted by molar-refractivity contribution is 5.06. The Kier molecular flexibility index (Phi) is 1.92. The highest BCUT2D eigenvalue weighted by atomic mass is 15.1. The van der Waals surface area contributed by atoms with E-state index in [4.69, 9.17) is 5.73 Å². The van der Waals surface area contributed by atoms with Crippen LogP contribution in [-0.4, -0.2) is 31.6 Å². The fourth-order valence-corrected chi connectivity index (χ4v) is 2.94. The van der Waals surface area contributed by atoms with Crippen LogP contribution >= 0.6 is 0 Å². The lowest BCUT2D eigenvalue weighted by Gasteiger charge is -2.22. The molecule has 12 heavy (non-hydrogen) atoms. The van der Waals surface area contributed by atoms with Gasteiger partial charge in [-0.2, -0.15) is 0 Å². The standard InChI is InChI=1S/C10H20N2/c1-8-5-10(8,7-11)9-3-4-12(2)6-9/h8-9H,3-7,11H2,1-2H3. The van der Waals surface area contributed by atoms with Gasteiger partial charge in [0.05, 0.1) is 0 Å². The predicted octanol–water partition coefficient (Wildman–Crippen LogP) is 0.923. The van der Waals surface area contributed by atoms with E-state index >= 15 is 0 Å². The number of hydrogen-bond donors (Lipinski definition) is 1. The first-order chi connectivity index (χ1) is 5.69. The van der Waals surface area contributed by atoms with Gasteiger partial charge in [-0.25, -0.2) is 0 Å². The molecule has 2 rings (SSSR count). The van der Waals surface area contributed by atoms with Crippen LogP contribution in [-0.2, 0) is 0 Å². The minimum atomic E-state index is 0.546. The van der Waals surface area contributed by atoms with E-state index in [1.165, 1.54) is 25.9 Å². The summed E-state index contributed by atoms with van der Waals surface area (Å²) in [5, 5.41) is 0. The van der Waals surface area contributed by atoms with Crippen molar-refractivity contribution in [3.8, 4) is 0 Å². The van der Waals surface area contributed by atoms with Crippen LogP contribution < -0.4 is 5.73 Å². The Bertz CT molecular complexity index is 177. The summed E-state index contributed by atoms with van der Waals surface area (Å²) >= 11 is 0. The third-order valence-corrected chi connectivity index (χ3v) is 4.09. The van der Waals surface area contributed by atoms with Gasteiger partial charge < -0.3 is 10.6 Å². The van der Waals surface area contributed by atoms with Gasteiger partial charge in [0.15, 0.2) is 0 Å². The number of likely N-dealkylation sites (tertiary alicyclic amines) is 1. The van der Waals surface area contributed by atoms with Crippen molar-refractivity contribution in [1.82, 2.24) is 4.90 Å². The zero-order chi connectivity index (χ0) is 8.77. The van der Waals surface area contributed by atoms with Crippen LogP contribution in [0.3, 0.4) is 0 Å². The van der Waals surface area contributed by atoms with Crippen LogP contribution in [0.25, 0.3) is 0 Å². The fraction of sp³-hybridized carbons (Fsp3) is 1.00. The average Bonchev–Trinajstić information content (AvgIpc) is 2.50. The molecule has 1 saturated carbocycles. The van der Waals surface area contributed by atoms with Gasteiger partial charge in [-0.3, -0.25) is 0 Å². The van der Waals surface area contributed by atoms with E-state index in [-0.39, 0.29) is 0 Å². The van der Waals surface area contributed by atoms with Crippen LogP contribution in [0.5, 0.6) is 0 Å². The summed E-state index contributed by atoms with van der Waals surface area (Å²) < 4.78 is 0. The monoisotopic (exact) mass is 168 g/mol. The van der Waals surface area contributed by atoms with Crippen LogP contribution in [0, 0.1) is 17.3 Å². The van der Waals surface area contributed by atoms with E-state index in [0.717, 1.165) is 18.4 Å². The number of nitrogens with zero attached hydrogens (tertiary/aromatic N) is 1. The maximum Gasteiger partial charge on any atom is 0.00130 e. The third-order valence-electron chi connectivity index (χ3n) is 4.09. The second kappa shape index (κ2) is 2.71. The van der Waals surface area contributed by atoms with Gasteiger partial charge in [0.1, 0.15) is 0 Å². The summed E-state index contributed by atoms with van der Waals surface area (Å²) in [6.45, 7) is 5.82. The lowest BCUT2D eigenvalue weighted by atomic mass is 9.86. The van der Waals surface area contributed by atoms with E-state index in [1.807, 2.05) is 0 Å². The van der Waals surface area contributed by atoms with Gasteiger partial charge >= 0.3 is 0 Å². The first-order valence-corrected chi connectivity index (χ1v) is 5.07. The van der Waals surface area contributed by atoms with Gasteiger partial charge in [-0.15, -0.1) is 0 Å². The summed E-state index contributed by atoms with van der Waals surface area (Å²) in [5.41, 5.74) is 6.41. The molecular formula is C10H20N2. The molecule has 0 amide bonds. The summed E-state index contributed by atoms with van der Waals surface area (Å²) in [6, 6.07) is 0. The molecule has 3 unspecified atom stereocenters. The van der Waals surface area contributed by atoms with Crippen LogP contribution in [0.2, 0.25) is 0 Å². The molecule has 1 heterocycles. The van der Waals surface area contributed by atoms with Crippen molar-refractivity contribution in [2.45, 2.75) is 19.8 Å². The molecule has 2 nitrogen and oxygen atoms in total. The highest BCUT2D eigenvalue weighted by Gasteiger charge is 2.55. The third kappa shape index (κ3) is 1.09. The first-order valence-electron chi connectivity index (χ1n) is 5.07. The largest absolute Gasteiger partial charge is 0.330 e. The summed E-state index contributed by atoms with van der Waals surface area (Å²) in [4.78, 5) is 2.44. The van der Waals surface area contributed by atoms with Crippen molar-refractivity contribution < 1.29 is 0 Å². The molecule has 70 valence electrons.